The second kappa shape index (κ2) is 29.5. The number of benzene rings is 4. The summed E-state index contributed by atoms with van der Waals surface area (Å²) in [4.78, 5) is 130. The Bertz CT molecular complexity index is 3010. The molecule has 5 aromatic rings. The molecule has 0 radical (unpaired) electrons. The van der Waals surface area contributed by atoms with E-state index in [9.17, 15) is 53.4 Å². The zero-order valence-corrected chi connectivity index (χ0v) is 46.5. The molecule has 428 valence electrons. The van der Waals surface area contributed by atoms with Gasteiger partial charge in [0.2, 0.25) is 53.2 Å². The number of nitrogens with two attached hydrogens (primary N) is 2. The van der Waals surface area contributed by atoms with E-state index in [0.717, 1.165) is 43.3 Å². The van der Waals surface area contributed by atoms with Crippen LogP contribution in [0.15, 0.2) is 97.2 Å². The van der Waals surface area contributed by atoms with E-state index in [1.165, 1.54) is 26.0 Å². The molecule has 80 heavy (non-hydrogen) atoms. The first-order valence-electron chi connectivity index (χ1n) is 26.3. The van der Waals surface area contributed by atoms with Crippen LogP contribution in [0.1, 0.15) is 63.6 Å². The molecule has 15 N–H and O–H groups in total. The summed E-state index contributed by atoms with van der Waals surface area (Å²) in [5.41, 5.74) is 13.9. The van der Waals surface area contributed by atoms with Crippen LogP contribution in [0.4, 0.5) is 0 Å². The van der Waals surface area contributed by atoms with Crippen molar-refractivity contribution >= 4 is 96.4 Å². The smallest absolute Gasteiger partial charge is 0.244 e. The average molecular weight is 1140 g/mol. The van der Waals surface area contributed by atoms with Gasteiger partial charge in [0.05, 0.1) is 6.10 Å². The van der Waals surface area contributed by atoms with E-state index in [-0.39, 0.29) is 49.5 Å². The summed E-state index contributed by atoms with van der Waals surface area (Å²) in [5, 5.41) is 44.8. The van der Waals surface area contributed by atoms with E-state index in [1.807, 2.05) is 66.7 Å². The topological polar surface area (TPSA) is 358 Å². The summed E-state index contributed by atoms with van der Waals surface area (Å²) in [5.74, 6) is -8.54. The minimum atomic E-state index is -1.57. The third-order valence-corrected chi connectivity index (χ3v) is 15.8. The van der Waals surface area contributed by atoms with Gasteiger partial charge in [-0.05, 0) is 84.3 Å². The lowest BCUT2D eigenvalue weighted by molar-refractivity contribution is -0.136. The number of aromatic hydroxyl groups is 1. The Morgan fingerprint density at radius 1 is 0.700 bits per heavy atom. The van der Waals surface area contributed by atoms with Crippen LogP contribution in [0.5, 0.6) is 5.75 Å². The summed E-state index contributed by atoms with van der Waals surface area (Å²) < 4.78 is 0. The number of aliphatic hydroxyl groups excluding tert-OH is 1. The first-order valence-corrected chi connectivity index (χ1v) is 28.8. The molecule has 0 aliphatic carbocycles. The van der Waals surface area contributed by atoms with Gasteiger partial charge >= 0.3 is 0 Å². The molecule has 6 rings (SSSR count). The van der Waals surface area contributed by atoms with Crippen molar-refractivity contribution in [1.82, 2.24) is 47.5 Å². The number of fused-ring (bicyclic) bond motifs is 2. The molecular formula is C56H71N11O11S2. The van der Waals surface area contributed by atoms with Gasteiger partial charge in [-0.2, -0.15) is 0 Å². The normalized spacial score (nSPS) is 21.2. The minimum Gasteiger partial charge on any atom is -0.508 e. The number of unbranched alkanes of at least 4 members (excludes halogenated alkanes) is 1. The molecule has 0 unspecified atom stereocenters. The molecule has 1 aliphatic heterocycles. The number of hydrogen-bond acceptors (Lipinski definition) is 14. The maximum absolute atomic E-state index is 15.0. The van der Waals surface area contributed by atoms with Crippen molar-refractivity contribution in [3.63, 3.8) is 0 Å². The van der Waals surface area contributed by atoms with E-state index in [0.29, 0.717) is 29.5 Å². The number of aromatic nitrogens is 1. The molecule has 0 bridgehead atoms. The van der Waals surface area contributed by atoms with E-state index >= 15 is 0 Å². The molecule has 1 saturated heterocycles. The van der Waals surface area contributed by atoms with Crippen molar-refractivity contribution < 1.29 is 53.4 Å². The van der Waals surface area contributed by atoms with Crippen LogP contribution in [0.2, 0.25) is 0 Å². The maximum Gasteiger partial charge on any atom is 0.244 e. The van der Waals surface area contributed by atoms with Crippen LogP contribution in [0.3, 0.4) is 0 Å². The van der Waals surface area contributed by atoms with Gasteiger partial charge in [-0.25, -0.2) is 0 Å². The number of primary amides is 1. The third-order valence-electron chi connectivity index (χ3n) is 13.4. The molecule has 0 spiro atoms. The highest BCUT2D eigenvalue weighted by molar-refractivity contribution is 8.76. The van der Waals surface area contributed by atoms with Crippen LogP contribution < -0.4 is 54.0 Å². The van der Waals surface area contributed by atoms with E-state index in [2.05, 4.69) is 47.5 Å². The van der Waals surface area contributed by atoms with Gasteiger partial charge < -0.3 is 69.2 Å². The van der Waals surface area contributed by atoms with Gasteiger partial charge in [-0.3, -0.25) is 43.2 Å². The SMILES string of the molecule is CC(=O)N[C@H](Cc1ccc2ccccc2c1)C(=O)N[C@@H]1CSSC[C@@H](C(=O)N[C@H](C(N)=O)[C@@H](C)O)NC(=O)[C@H](C(C)C)NC(=O)[C@H](CCCCN)NC(=O)[C@@H](Cc2c[nH]c3ccccc23)NC(=O)[C@H](Cc2ccc(O)cc2)NC1=O. The second-order valence-corrected chi connectivity index (χ2v) is 22.6. The predicted octanol–water partition coefficient (Wildman–Crippen LogP) is 0.999. The van der Waals surface area contributed by atoms with Crippen molar-refractivity contribution in [3.05, 3.63) is 114 Å². The molecule has 9 amide bonds. The molecule has 4 aromatic carbocycles. The van der Waals surface area contributed by atoms with Gasteiger partial charge in [0.25, 0.3) is 0 Å². The highest BCUT2D eigenvalue weighted by atomic mass is 33.1. The van der Waals surface area contributed by atoms with Crippen molar-refractivity contribution in [1.29, 1.82) is 0 Å². The largest absolute Gasteiger partial charge is 0.508 e. The summed E-state index contributed by atoms with van der Waals surface area (Å²) in [6.45, 7) is 6.06. The number of para-hydroxylation sites is 1. The maximum atomic E-state index is 15.0. The predicted molar refractivity (Wildman–Crippen MR) is 306 cm³/mol. The molecule has 0 saturated carbocycles. The summed E-state index contributed by atoms with van der Waals surface area (Å²) in [7, 11) is 1.97. The number of phenolic OH excluding ortho intramolecular Hbond substituents is 1. The first kappa shape index (κ1) is 61.5. The average Bonchev–Trinajstić information content (AvgIpc) is 3.87. The fourth-order valence-corrected chi connectivity index (χ4v) is 11.4. The number of rotatable bonds is 18. The Balaban J connectivity index is 1.42. The summed E-state index contributed by atoms with van der Waals surface area (Å²) in [6, 6.07) is 15.2. The minimum absolute atomic E-state index is 0.0131. The van der Waals surface area contributed by atoms with Gasteiger partial charge in [0.15, 0.2) is 0 Å². The van der Waals surface area contributed by atoms with Crippen molar-refractivity contribution in [2.45, 2.75) is 121 Å². The van der Waals surface area contributed by atoms with Crippen LogP contribution in [-0.4, -0.2) is 141 Å². The van der Waals surface area contributed by atoms with Crippen LogP contribution in [-0.2, 0) is 62.4 Å². The van der Waals surface area contributed by atoms with Gasteiger partial charge in [0, 0.05) is 54.8 Å². The molecule has 1 aromatic heterocycles. The number of amides is 9. The monoisotopic (exact) mass is 1140 g/mol. The number of aliphatic hydroxyl groups is 1. The Hall–Kier alpha value is -7.67. The van der Waals surface area contributed by atoms with Crippen LogP contribution >= 0.6 is 21.6 Å². The fourth-order valence-electron chi connectivity index (χ4n) is 9.05. The summed E-state index contributed by atoms with van der Waals surface area (Å²) >= 11 is 0. The fraction of sp³-hybridized carbons (Fsp3) is 0.411. The highest BCUT2D eigenvalue weighted by Crippen LogP contribution is 2.25. The molecule has 1 aliphatic rings. The molecule has 9 atom stereocenters. The lowest BCUT2D eigenvalue weighted by Gasteiger charge is -2.29. The second-order valence-electron chi connectivity index (χ2n) is 20.1. The van der Waals surface area contributed by atoms with Crippen molar-refractivity contribution in [2.24, 2.45) is 17.4 Å². The lowest BCUT2D eigenvalue weighted by Crippen LogP contribution is -2.62. The molecule has 2 heterocycles. The molecule has 22 nitrogen and oxygen atoms in total. The highest BCUT2D eigenvalue weighted by Gasteiger charge is 2.37. The Morgan fingerprint density at radius 2 is 1.32 bits per heavy atom. The van der Waals surface area contributed by atoms with Gasteiger partial charge in [-0.15, -0.1) is 0 Å². The number of aromatic amines is 1. The van der Waals surface area contributed by atoms with Crippen molar-refractivity contribution in [3.8, 4) is 5.75 Å². The Morgan fingerprint density at radius 3 is 2.00 bits per heavy atom. The van der Waals surface area contributed by atoms with E-state index in [4.69, 9.17) is 11.5 Å². The lowest BCUT2D eigenvalue weighted by atomic mass is 10.00. The van der Waals surface area contributed by atoms with Crippen LogP contribution in [0.25, 0.3) is 21.7 Å². The summed E-state index contributed by atoms with van der Waals surface area (Å²) in [6.07, 6.45) is 0.848. The van der Waals surface area contributed by atoms with Gasteiger partial charge in [-0.1, -0.05) is 108 Å². The third kappa shape index (κ3) is 17.7. The molecule has 1 fully saturated rings. The Kier molecular flexibility index (Phi) is 22.7. The standard InChI is InChI=1S/C56H71N11O11S2/c1-30(2)47-56(78)65-46(55(77)67-48(31(3)68)49(58)71)29-80-79-28-45(64-51(73)42(60-32(4)69)25-34-16-19-35-11-5-6-12-36(35)23-34)54(76)62-43(24-33-17-20-38(70)21-18-33)52(74)63-44(26-37-27-59-40-14-8-7-13-39(37)40)53(75)61-41(50(72)66-47)15-9-10-22-57/h5-8,11-14,16-21,23,27,30-31,41-48,59,68,70H,9-10,15,22,24-26,28-29,57H2,1-4H3,(H2,58,71)(H,60,69)(H,61,75)(H,62,76)(H,63,74)(H,64,73)(H,65,78)(H,66,72)(H,67,77)/t31-,41+,42-,43+,44-,45-,46+,47+,48+/m1/s1. The number of phenols is 1. The van der Waals surface area contributed by atoms with Crippen LogP contribution in [0, 0.1) is 5.92 Å². The molecule has 24 heteroatoms. The number of nitrogens with one attached hydrogen (secondary N) is 9. The van der Waals surface area contributed by atoms with E-state index in [1.54, 1.807) is 32.2 Å². The Labute approximate surface area is 471 Å². The van der Waals surface area contributed by atoms with E-state index < -0.39 is 114 Å². The number of carbonyl (C=O) groups excluding carboxylic acids is 9. The quantitative estimate of drug-likeness (QED) is 0.0430. The molecular weight excluding hydrogens is 1070 g/mol. The van der Waals surface area contributed by atoms with Crippen molar-refractivity contribution in [2.75, 3.05) is 18.1 Å². The first-order chi connectivity index (χ1) is 38.2. The zero-order chi connectivity index (χ0) is 58.0. The number of carbonyl (C=O) groups is 9. The number of H-pyrrole nitrogens is 1. The zero-order valence-electron chi connectivity index (χ0n) is 44.9. The van der Waals surface area contributed by atoms with Gasteiger partial charge in [0.1, 0.15) is 54.1 Å². The number of hydrogen-bond donors (Lipinski definition) is 13.